The van der Waals surface area contributed by atoms with E-state index in [4.69, 9.17) is 16.3 Å². The van der Waals surface area contributed by atoms with Gasteiger partial charge in [-0.25, -0.2) is 19.2 Å². The largest absolute Gasteiger partial charge is 0.490 e. The van der Waals surface area contributed by atoms with Crippen molar-refractivity contribution in [1.82, 2.24) is 9.97 Å². The van der Waals surface area contributed by atoms with E-state index in [0.29, 0.717) is 17.0 Å². The molecule has 0 fully saturated rings. The topological polar surface area (TPSA) is 61.3 Å². The van der Waals surface area contributed by atoms with E-state index in [1.54, 1.807) is 0 Å². The Kier molecular flexibility index (Phi) is 4.92. The highest BCUT2D eigenvalue weighted by Gasteiger charge is 2.17. The molecule has 7 heteroatoms. The summed E-state index contributed by atoms with van der Waals surface area (Å²) in [5.41, 5.74) is 0.815. The van der Waals surface area contributed by atoms with Crippen LogP contribution in [0, 0.1) is 5.82 Å². The Morgan fingerprint density at radius 3 is 2.68 bits per heavy atom. The molecule has 0 amide bonds. The number of benzene rings is 1. The third-order valence-corrected chi connectivity index (χ3v) is 2.95. The van der Waals surface area contributed by atoms with Gasteiger partial charge in [-0.15, -0.1) is 0 Å². The zero-order chi connectivity index (χ0) is 16.3. The van der Waals surface area contributed by atoms with Gasteiger partial charge in [0.1, 0.15) is 11.6 Å². The van der Waals surface area contributed by atoms with Crippen molar-refractivity contribution in [2.24, 2.45) is 0 Å². The SMILES string of the molecule is COC(=O)c1ncc(-c2ccc(F)cc2OC(C)C)nc1Cl. The molecule has 0 atom stereocenters. The van der Waals surface area contributed by atoms with Crippen LogP contribution >= 0.6 is 11.6 Å². The summed E-state index contributed by atoms with van der Waals surface area (Å²) in [6, 6.07) is 4.07. The van der Waals surface area contributed by atoms with Gasteiger partial charge in [-0.05, 0) is 26.0 Å². The van der Waals surface area contributed by atoms with Crippen LogP contribution in [0.15, 0.2) is 24.4 Å². The van der Waals surface area contributed by atoms with Crippen molar-refractivity contribution in [3.63, 3.8) is 0 Å². The summed E-state index contributed by atoms with van der Waals surface area (Å²) in [6.45, 7) is 3.65. The van der Waals surface area contributed by atoms with Crippen LogP contribution in [-0.2, 0) is 4.74 Å². The number of carbonyl (C=O) groups is 1. The van der Waals surface area contributed by atoms with E-state index >= 15 is 0 Å². The molecule has 0 spiro atoms. The molecule has 22 heavy (non-hydrogen) atoms. The minimum atomic E-state index is -0.679. The number of hydrogen-bond donors (Lipinski definition) is 0. The molecule has 0 aliphatic heterocycles. The molecule has 2 rings (SSSR count). The Morgan fingerprint density at radius 1 is 1.36 bits per heavy atom. The molecule has 0 N–H and O–H groups in total. The third-order valence-electron chi connectivity index (χ3n) is 2.69. The van der Waals surface area contributed by atoms with Gasteiger partial charge in [-0.1, -0.05) is 11.6 Å². The van der Waals surface area contributed by atoms with Crippen molar-refractivity contribution in [3.05, 3.63) is 41.1 Å². The van der Waals surface area contributed by atoms with Crippen LogP contribution in [0.5, 0.6) is 5.75 Å². The van der Waals surface area contributed by atoms with Crippen molar-refractivity contribution >= 4 is 17.6 Å². The molecule has 0 aliphatic carbocycles. The molecule has 0 saturated carbocycles. The number of nitrogens with zero attached hydrogens (tertiary/aromatic N) is 2. The summed E-state index contributed by atoms with van der Waals surface area (Å²) in [6.07, 6.45) is 1.22. The molecule has 1 aromatic heterocycles. The van der Waals surface area contributed by atoms with Crippen molar-refractivity contribution in [1.29, 1.82) is 0 Å². The van der Waals surface area contributed by atoms with Crippen LogP contribution in [0.4, 0.5) is 4.39 Å². The van der Waals surface area contributed by atoms with Gasteiger partial charge < -0.3 is 9.47 Å². The summed E-state index contributed by atoms with van der Waals surface area (Å²) < 4.78 is 23.5. The number of ether oxygens (including phenoxy) is 2. The van der Waals surface area contributed by atoms with Crippen molar-refractivity contribution in [3.8, 4) is 17.0 Å². The lowest BCUT2D eigenvalue weighted by molar-refractivity contribution is 0.0594. The first-order valence-corrected chi connectivity index (χ1v) is 6.87. The number of hydrogen-bond acceptors (Lipinski definition) is 5. The van der Waals surface area contributed by atoms with Gasteiger partial charge in [0.15, 0.2) is 10.8 Å². The average Bonchev–Trinajstić information content (AvgIpc) is 2.46. The number of rotatable bonds is 4. The zero-order valence-corrected chi connectivity index (χ0v) is 13.0. The van der Waals surface area contributed by atoms with Crippen molar-refractivity contribution in [2.45, 2.75) is 20.0 Å². The van der Waals surface area contributed by atoms with Gasteiger partial charge in [0.2, 0.25) is 0 Å². The normalized spacial score (nSPS) is 10.6. The minimum absolute atomic E-state index is 0.0821. The molecule has 0 saturated heterocycles. The van der Waals surface area contributed by atoms with Crippen LogP contribution in [0.1, 0.15) is 24.3 Å². The number of carbonyl (C=O) groups excluding carboxylic acids is 1. The van der Waals surface area contributed by atoms with Crippen molar-refractivity contribution < 1.29 is 18.7 Å². The maximum atomic E-state index is 13.4. The number of methoxy groups -OCH3 is 1. The lowest BCUT2D eigenvalue weighted by atomic mass is 10.1. The average molecular weight is 325 g/mol. The van der Waals surface area contributed by atoms with E-state index in [1.807, 2.05) is 13.8 Å². The summed E-state index contributed by atoms with van der Waals surface area (Å²) >= 11 is 5.95. The predicted octanol–water partition coefficient (Wildman–Crippen LogP) is 3.51. The van der Waals surface area contributed by atoms with Crippen LogP contribution in [0.2, 0.25) is 5.15 Å². The summed E-state index contributed by atoms with van der Waals surface area (Å²) in [5.74, 6) is -0.780. The van der Waals surface area contributed by atoms with Gasteiger partial charge in [-0.2, -0.15) is 0 Å². The summed E-state index contributed by atoms with van der Waals surface area (Å²) in [4.78, 5) is 19.5. The molecule has 0 aliphatic rings. The molecule has 5 nitrogen and oxygen atoms in total. The summed E-state index contributed by atoms with van der Waals surface area (Å²) in [5, 5.41) is -0.0934. The molecule has 0 unspecified atom stereocenters. The van der Waals surface area contributed by atoms with Gasteiger partial charge in [0, 0.05) is 11.6 Å². The molecule has 0 radical (unpaired) electrons. The second-order valence-corrected chi connectivity index (χ2v) is 5.05. The smallest absolute Gasteiger partial charge is 0.359 e. The highest BCUT2D eigenvalue weighted by Crippen LogP contribution is 2.31. The standard InChI is InChI=1S/C15H14ClFN2O3/c1-8(2)22-12-6-9(17)4-5-10(12)11-7-18-13(14(16)19-11)15(20)21-3/h4-8H,1-3H3. The second-order valence-electron chi connectivity index (χ2n) is 4.69. The van der Waals surface area contributed by atoms with E-state index in [1.165, 1.54) is 31.5 Å². The molecular weight excluding hydrogens is 311 g/mol. The van der Waals surface area contributed by atoms with Gasteiger partial charge in [0.25, 0.3) is 0 Å². The highest BCUT2D eigenvalue weighted by molar-refractivity contribution is 6.32. The monoisotopic (exact) mass is 324 g/mol. The Balaban J connectivity index is 2.48. The Morgan fingerprint density at radius 2 is 2.09 bits per heavy atom. The second kappa shape index (κ2) is 6.70. The zero-order valence-electron chi connectivity index (χ0n) is 12.3. The minimum Gasteiger partial charge on any atom is -0.490 e. The van der Waals surface area contributed by atoms with E-state index < -0.39 is 11.8 Å². The number of halogens is 2. The van der Waals surface area contributed by atoms with Crippen LogP contribution in [-0.4, -0.2) is 29.2 Å². The number of aromatic nitrogens is 2. The lowest BCUT2D eigenvalue weighted by Crippen LogP contribution is -2.09. The molecule has 1 heterocycles. The fraction of sp³-hybridized carbons (Fsp3) is 0.267. The molecule has 1 aromatic carbocycles. The maximum Gasteiger partial charge on any atom is 0.359 e. The van der Waals surface area contributed by atoms with Gasteiger partial charge >= 0.3 is 5.97 Å². The first-order chi connectivity index (χ1) is 10.4. The van der Waals surface area contributed by atoms with Crippen LogP contribution < -0.4 is 4.74 Å². The lowest BCUT2D eigenvalue weighted by Gasteiger charge is -2.14. The molecule has 2 aromatic rings. The van der Waals surface area contributed by atoms with E-state index in [9.17, 15) is 9.18 Å². The first kappa shape index (κ1) is 16.2. The van der Waals surface area contributed by atoms with Crippen LogP contribution in [0.25, 0.3) is 11.3 Å². The molecule has 0 bridgehead atoms. The Hall–Kier alpha value is -2.21. The fourth-order valence-electron chi connectivity index (χ4n) is 1.79. The summed E-state index contributed by atoms with van der Waals surface area (Å²) in [7, 11) is 1.23. The maximum absolute atomic E-state index is 13.4. The predicted molar refractivity (Wildman–Crippen MR) is 79.5 cm³/mol. The fourth-order valence-corrected chi connectivity index (χ4v) is 2.01. The van der Waals surface area contributed by atoms with Gasteiger partial charge in [0.05, 0.1) is 25.1 Å². The number of esters is 1. The van der Waals surface area contributed by atoms with E-state index in [-0.39, 0.29) is 17.0 Å². The van der Waals surface area contributed by atoms with E-state index in [2.05, 4.69) is 14.7 Å². The third kappa shape index (κ3) is 3.51. The van der Waals surface area contributed by atoms with Crippen LogP contribution in [0.3, 0.4) is 0 Å². The molecule has 116 valence electrons. The van der Waals surface area contributed by atoms with Gasteiger partial charge in [-0.3, -0.25) is 0 Å². The Labute approximate surface area is 132 Å². The van der Waals surface area contributed by atoms with E-state index in [0.717, 1.165) is 0 Å². The first-order valence-electron chi connectivity index (χ1n) is 6.49. The van der Waals surface area contributed by atoms with Crippen molar-refractivity contribution in [2.75, 3.05) is 7.11 Å². The molecular formula is C15H14ClFN2O3. The quantitative estimate of drug-likeness (QED) is 0.805. The highest BCUT2D eigenvalue weighted by atomic mass is 35.5. The Bertz CT molecular complexity index is 707.